The van der Waals surface area contributed by atoms with E-state index in [4.69, 9.17) is 5.73 Å². The standard InChI is InChI=1S/C13H23N3O/c1-11(8-14)10-16(2)13(17)5-3-4-12-6-7-15-9-12/h6-7,9,11,15H,3-5,8,10,14H2,1-2H3. The Bertz CT molecular complexity index is 321. The highest BCUT2D eigenvalue weighted by molar-refractivity contribution is 5.75. The van der Waals surface area contributed by atoms with Crippen LogP contribution in [0.4, 0.5) is 0 Å². The van der Waals surface area contributed by atoms with Crippen LogP contribution in [0.1, 0.15) is 25.3 Å². The van der Waals surface area contributed by atoms with E-state index in [0.717, 1.165) is 19.4 Å². The molecule has 3 N–H and O–H groups in total. The predicted octanol–water partition coefficient (Wildman–Crippen LogP) is 1.39. The number of nitrogens with one attached hydrogen (secondary N) is 1. The van der Waals surface area contributed by atoms with Crippen LogP contribution in [0.3, 0.4) is 0 Å². The van der Waals surface area contributed by atoms with Gasteiger partial charge in [-0.1, -0.05) is 6.92 Å². The molecule has 1 rings (SSSR count). The average molecular weight is 237 g/mol. The summed E-state index contributed by atoms with van der Waals surface area (Å²) in [6, 6.07) is 2.05. The van der Waals surface area contributed by atoms with E-state index in [9.17, 15) is 4.79 Å². The Morgan fingerprint density at radius 3 is 2.94 bits per heavy atom. The molecule has 4 heteroatoms. The Hall–Kier alpha value is -1.29. The normalized spacial score (nSPS) is 12.4. The third-order valence-corrected chi connectivity index (χ3v) is 2.93. The second-order valence-corrected chi connectivity index (χ2v) is 4.69. The number of aromatic nitrogens is 1. The molecule has 1 amide bonds. The molecule has 0 spiro atoms. The quantitative estimate of drug-likeness (QED) is 0.753. The molecule has 96 valence electrons. The third kappa shape index (κ3) is 5.04. The lowest BCUT2D eigenvalue weighted by Crippen LogP contribution is -2.33. The summed E-state index contributed by atoms with van der Waals surface area (Å²) in [5, 5.41) is 0. The minimum atomic E-state index is 0.209. The van der Waals surface area contributed by atoms with E-state index in [0.29, 0.717) is 18.9 Å². The zero-order valence-electron chi connectivity index (χ0n) is 10.8. The number of nitrogens with zero attached hydrogens (tertiary/aromatic N) is 1. The van der Waals surface area contributed by atoms with Crippen LogP contribution in [0, 0.1) is 5.92 Å². The lowest BCUT2D eigenvalue weighted by molar-refractivity contribution is -0.130. The van der Waals surface area contributed by atoms with Crippen LogP contribution in [0.25, 0.3) is 0 Å². The SMILES string of the molecule is CC(CN)CN(C)C(=O)CCCc1cc[nH]c1. The number of H-pyrrole nitrogens is 1. The summed E-state index contributed by atoms with van der Waals surface area (Å²) in [4.78, 5) is 16.6. The van der Waals surface area contributed by atoms with E-state index >= 15 is 0 Å². The number of carbonyl (C=O) groups is 1. The topological polar surface area (TPSA) is 62.1 Å². The molecule has 1 aromatic heterocycles. The van der Waals surface area contributed by atoms with Gasteiger partial charge >= 0.3 is 0 Å². The van der Waals surface area contributed by atoms with Crippen molar-refractivity contribution in [3.8, 4) is 0 Å². The fourth-order valence-electron chi connectivity index (χ4n) is 1.79. The van der Waals surface area contributed by atoms with Crippen molar-refractivity contribution in [2.24, 2.45) is 11.7 Å². The summed E-state index contributed by atoms with van der Waals surface area (Å²) >= 11 is 0. The first-order valence-electron chi connectivity index (χ1n) is 6.19. The number of carbonyl (C=O) groups excluding carboxylic acids is 1. The number of amides is 1. The van der Waals surface area contributed by atoms with Gasteiger partial charge in [0.15, 0.2) is 0 Å². The summed E-state index contributed by atoms with van der Waals surface area (Å²) in [5.74, 6) is 0.578. The van der Waals surface area contributed by atoms with Crippen molar-refractivity contribution >= 4 is 5.91 Å². The van der Waals surface area contributed by atoms with Crippen molar-refractivity contribution in [2.45, 2.75) is 26.2 Å². The van der Waals surface area contributed by atoms with E-state index in [1.54, 1.807) is 4.90 Å². The number of aromatic amines is 1. The molecule has 0 aliphatic rings. The molecule has 0 aromatic carbocycles. The van der Waals surface area contributed by atoms with E-state index in [1.165, 1.54) is 5.56 Å². The van der Waals surface area contributed by atoms with Crippen molar-refractivity contribution in [3.05, 3.63) is 24.0 Å². The first-order valence-corrected chi connectivity index (χ1v) is 6.19. The Kier molecular flexibility index (Phi) is 5.77. The molecule has 0 saturated heterocycles. The lowest BCUT2D eigenvalue weighted by atomic mass is 10.1. The average Bonchev–Trinajstić information content (AvgIpc) is 2.81. The third-order valence-electron chi connectivity index (χ3n) is 2.93. The largest absolute Gasteiger partial charge is 0.367 e. The maximum absolute atomic E-state index is 11.8. The summed E-state index contributed by atoms with van der Waals surface area (Å²) in [5.41, 5.74) is 6.80. The number of hydrogen-bond donors (Lipinski definition) is 2. The molecule has 17 heavy (non-hydrogen) atoms. The highest BCUT2D eigenvalue weighted by atomic mass is 16.2. The van der Waals surface area contributed by atoms with Crippen LogP contribution in [0.15, 0.2) is 18.5 Å². The van der Waals surface area contributed by atoms with E-state index in [1.807, 2.05) is 25.5 Å². The predicted molar refractivity (Wildman–Crippen MR) is 69.6 cm³/mol. The van der Waals surface area contributed by atoms with Gasteiger partial charge in [0, 0.05) is 32.4 Å². The van der Waals surface area contributed by atoms with Crippen LogP contribution in [0.5, 0.6) is 0 Å². The monoisotopic (exact) mass is 237 g/mol. The summed E-state index contributed by atoms with van der Waals surface area (Å²) in [6.07, 6.45) is 6.35. The van der Waals surface area contributed by atoms with Crippen LogP contribution in [-0.2, 0) is 11.2 Å². The molecule has 4 nitrogen and oxygen atoms in total. The molecular weight excluding hydrogens is 214 g/mol. The molecule has 0 saturated carbocycles. The van der Waals surface area contributed by atoms with Gasteiger partial charge in [-0.3, -0.25) is 4.79 Å². The van der Waals surface area contributed by atoms with Crippen LogP contribution >= 0.6 is 0 Å². The molecule has 0 aliphatic carbocycles. The second kappa shape index (κ2) is 7.12. The van der Waals surface area contributed by atoms with Crippen molar-refractivity contribution in [3.63, 3.8) is 0 Å². The summed E-state index contributed by atoms with van der Waals surface area (Å²) in [6.45, 7) is 3.43. The van der Waals surface area contributed by atoms with Gasteiger partial charge in [0.25, 0.3) is 0 Å². The molecule has 0 fully saturated rings. The molecular formula is C13H23N3O. The first kappa shape index (κ1) is 13.8. The molecule has 0 aliphatic heterocycles. The van der Waals surface area contributed by atoms with Gasteiger partial charge in [-0.2, -0.15) is 0 Å². The molecule has 1 heterocycles. The molecule has 0 radical (unpaired) electrons. The fraction of sp³-hybridized carbons (Fsp3) is 0.615. The molecule has 1 atom stereocenters. The van der Waals surface area contributed by atoms with Crippen LogP contribution < -0.4 is 5.73 Å². The van der Waals surface area contributed by atoms with Gasteiger partial charge in [-0.15, -0.1) is 0 Å². The van der Waals surface area contributed by atoms with Crippen molar-refractivity contribution in [1.82, 2.24) is 9.88 Å². The second-order valence-electron chi connectivity index (χ2n) is 4.69. The van der Waals surface area contributed by atoms with Crippen LogP contribution in [-0.4, -0.2) is 35.9 Å². The number of nitrogens with two attached hydrogens (primary N) is 1. The minimum Gasteiger partial charge on any atom is -0.367 e. The van der Waals surface area contributed by atoms with Crippen molar-refractivity contribution < 1.29 is 4.79 Å². The summed E-state index contributed by atoms with van der Waals surface area (Å²) in [7, 11) is 1.85. The van der Waals surface area contributed by atoms with Gasteiger partial charge < -0.3 is 15.6 Å². The van der Waals surface area contributed by atoms with Crippen LogP contribution in [0.2, 0.25) is 0 Å². The Labute approximate surface area is 103 Å². The maximum Gasteiger partial charge on any atom is 0.222 e. The highest BCUT2D eigenvalue weighted by Crippen LogP contribution is 2.06. The zero-order valence-corrected chi connectivity index (χ0v) is 10.8. The molecule has 0 bridgehead atoms. The van der Waals surface area contributed by atoms with E-state index < -0.39 is 0 Å². The minimum absolute atomic E-state index is 0.209. The van der Waals surface area contributed by atoms with Gasteiger partial charge in [0.05, 0.1) is 0 Å². The number of rotatable bonds is 7. The Balaban J connectivity index is 2.20. The van der Waals surface area contributed by atoms with Crippen molar-refractivity contribution in [2.75, 3.05) is 20.1 Å². The van der Waals surface area contributed by atoms with E-state index in [-0.39, 0.29) is 5.91 Å². The zero-order chi connectivity index (χ0) is 12.7. The Morgan fingerprint density at radius 1 is 1.59 bits per heavy atom. The number of aryl methyl sites for hydroxylation is 1. The fourth-order valence-corrected chi connectivity index (χ4v) is 1.79. The smallest absolute Gasteiger partial charge is 0.222 e. The Morgan fingerprint density at radius 2 is 2.35 bits per heavy atom. The molecule has 1 aromatic rings. The molecule has 1 unspecified atom stereocenters. The van der Waals surface area contributed by atoms with E-state index in [2.05, 4.69) is 11.9 Å². The highest BCUT2D eigenvalue weighted by Gasteiger charge is 2.11. The lowest BCUT2D eigenvalue weighted by Gasteiger charge is -2.20. The van der Waals surface area contributed by atoms with Crippen molar-refractivity contribution in [1.29, 1.82) is 0 Å². The van der Waals surface area contributed by atoms with Gasteiger partial charge in [0.1, 0.15) is 0 Å². The maximum atomic E-state index is 11.8. The summed E-state index contributed by atoms with van der Waals surface area (Å²) < 4.78 is 0. The van der Waals surface area contributed by atoms with Gasteiger partial charge in [0.2, 0.25) is 5.91 Å². The van der Waals surface area contributed by atoms with Gasteiger partial charge in [-0.05, 0) is 36.9 Å². The van der Waals surface area contributed by atoms with Gasteiger partial charge in [-0.25, -0.2) is 0 Å². The first-order chi connectivity index (χ1) is 8.13. The number of hydrogen-bond acceptors (Lipinski definition) is 2.